The van der Waals surface area contributed by atoms with Gasteiger partial charge in [-0.3, -0.25) is 0 Å². The van der Waals surface area contributed by atoms with E-state index in [2.05, 4.69) is 6.92 Å². The molecule has 7 unspecified atom stereocenters. The lowest BCUT2D eigenvalue weighted by Crippen LogP contribution is -2.52. The number of carbonyl (C=O) groups is 2. The average Bonchev–Trinajstić information content (AvgIpc) is 3.39. The molecule has 0 aromatic heterocycles. The van der Waals surface area contributed by atoms with Crippen LogP contribution in [0.25, 0.3) is 0 Å². The first-order valence-electron chi connectivity index (χ1n) is 10.8. The van der Waals surface area contributed by atoms with E-state index in [0.717, 1.165) is 12.8 Å². The predicted molar refractivity (Wildman–Crippen MR) is 110 cm³/mol. The summed E-state index contributed by atoms with van der Waals surface area (Å²) in [5, 5.41) is 0. The minimum Gasteiger partial charge on any atom is -0.455 e. The second kappa shape index (κ2) is 7.88. The monoisotopic (exact) mass is 406 g/mol. The summed E-state index contributed by atoms with van der Waals surface area (Å²) >= 11 is 0. The molecule has 2 aromatic carbocycles. The molecule has 5 nitrogen and oxygen atoms in total. The fraction of sp³-hybridized carbons (Fsp3) is 0.440. The molecular weight excluding hydrogens is 380 g/mol. The highest BCUT2D eigenvalue weighted by molar-refractivity contribution is 5.90. The molecule has 156 valence electrons. The molecule has 2 heterocycles. The fourth-order valence-electron chi connectivity index (χ4n) is 5.65. The van der Waals surface area contributed by atoms with E-state index in [-0.39, 0.29) is 30.1 Å². The van der Waals surface area contributed by atoms with E-state index >= 15 is 0 Å². The molecule has 2 aliphatic heterocycles. The van der Waals surface area contributed by atoms with Gasteiger partial charge in [-0.2, -0.15) is 0 Å². The summed E-state index contributed by atoms with van der Waals surface area (Å²) in [6.45, 7) is 2.10. The highest BCUT2D eigenvalue weighted by Crippen LogP contribution is 2.53. The van der Waals surface area contributed by atoms with E-state index in [0.29, 0.717) is 29.4 Å². The minimum atomic E-state index is -0.491. The van der Waals surface area contributed by atoms with Crippen LogP contribution in [0.5, 0.6) is 0 Å². The SMILES string of the molecule is CC1C(OC(=O)c2ccccc2)C(OC(=O)c2ccccc2)CC2C3CCC(O3)C12. The van der Waals surface area contributed by atoms with Crippen LogP contribution in [0.4, 0.5) is 0 Å². The molecule has 1 saturated carbocycles. The maximum atomic E-state index is 12.8. The molecule has 5 heteroatoms. The van der Waals surface area contributed by atoms with Gasteiger partial charge < -0.3 is 14.2 Å². The second-order valence-electron chi connectivity index (χ2n) is 8.67. The van der Waals surface area contributed by atoms with Crippen molar-refractivity contribution in [3.8, 4) is 0 Å². The predicted octanol–water partition coefficient (Wildman–Crippen LogP) is 4.27. The van der Waals surface area contributed by atoms with E-state index in [9.17, 15) is 9.59 Å². The van der Waals surface area contributed by atoms with Gasteiger partial charge in [-0.1, -0.05) is 43.3 Å². The summed E-state index contributed by atoms with van der Waals surface area (Å²) in [5.74, 6) is -0.0184. The average molecular weight is 406 g/mol. The van der Waals surface area contributed by atoms with E-state index in [1.807, 2.05) is 36.4 Å². The second-order valence-corrected chi connectivity index (χ2v) is 8.67. The lowest BCUT2D eigenvalue weighted by atomic mass is 9.64. The van der Waals surface area contributed by atoms with Gasteiger partial charge in [-0.15, -0.1) is 0 Å². The van der Waals surface area contributed by atoms with Gasteiger partial charge >= 0.3 is 11.9 Å². The molecule has 0 N–H and O–H groups in total. The van der Waals surface area contributed by atoms with Gasteiger partial charge in [0.2, 0.25) is 0 Å². The molecule has 0 radical (unpaired) electrons. The van der Waals surface area contributed by atoms with Crippen molar-refractivity contribution in [2.75, 3.05) is 0 Å². The molecule has 3 fully saturated rings. The number of hydrogen-bond acceptors (Lipinski definition) is 5. The zero-order valence-electron chi connectivity index (χ0n) is 17.0. The highest BCUT2D eigenvalue weighted by Gasteiger charge is 2.58. The van der Waals surface area contributed by atoms with Crippen molar-refractivity contribution in [2.45, 2.75) is 50.6 Å². The van der Waals surface area contributed by atoms with Gasteiger partial charge in [-0.25, -0.2) is 9.59 Å². The van der Waals surface area contributed by atoms with E-state index in [4.69, 9.17) is 14.2 Å². The Balaban J connectivity index is 1.40. The first-order chi connectivity index (χ1) is 14.6. The molecule has 3 aliphatic rings. The number of benzene rings is 2. The Morgan fingerprint density at radius 2 is 1.40 bits per heavy atom. The van der Waals surface area contributed by atoms with Crippen LogP contribution in [0.15, 0.2) is 60.7 Å². The van der Waals surface area contributed by atoms with Crippen LogP contribution in [-0.4, -0.2) is 36.4 Å². The Hall–Kier alpha value is -2.66. The van der Waals surface area contributed by atoms with Crippen LogP contribution in [0.1, 0.15) is 46.9 Å². The molecule has 7 atom stereocenters. The van der Waals surface area contributed by atoms with Crippen molar-refractivity contribution in [2.24, 2.45) is 17.8 Å². The molecular formula is C25H26O5. The number of ether oxygens (including phenoxy) is 3. The summed E-state index contributed by atoms with van der Waals surface area (Å²) in [5.41, 5.74) is 1.01. The summed E-state index contributed by atoms with van der Waals surface area (Å²) in [7, 11) is 0. The molecule has 0 spiro atoms. The van der Waals surface area contributed by atoms with Gasteiger partial charge in [0.1, 0.15) is 12.2 Å². The Kier molecular flexibility index (Phi) is 5.07. The maximum Gasteiger partial charge on any atom is 0.338 e. The van der Waals surface area contributed by atoms with Gasteiger partial charge in [0.15, 0.2) is 0 Å². The first kappa shape index (κ1) is 19.3. The largest absolute Gasteiger partial charge is 0.455 e. The van der Waals surface area contributed by atoms with Gasteiger partial charge in [-0.05, 0) is 55.4 Å². The van der Waals surface area contributed by atoms with Gasteiger partial charge in [0.05, 0.1) is 23.3 Å². The summed E-state index contributed by atoms with van der Waals surface area (Å²) in [6, 6.07) is 17.9. The van der Waals surface area contributed by atoms with Crippen molar-refractivity contribution in [1.29, 1.82) is 0 Å². The quantitative estimate of drug-likeness (QED) is 0.710. The lowest BCUT2D eigenvalue weighted by molar-refractivity contribution is -0.103. The zero-order chi connectivity index (χ0) is 20.7. The Bertz CT molecular complexity index is 912. The Morgan fingerprint density at radius 3 is 2.03 bits per heavy atom. The zero-order valence-corrected chi connectivity index (χ0v) is 17.0. The highest BCUT2D eigenvalue weighted by atomic mass is 16.6. The number of fused-ring (bicyclic) bond motifs is 5. The summed E-state index contributed by atoms with van der Waals surface area (Å²) in [4.78, 5) is 25.6. The van der Waals surface area contributed by atoms with Crippen molar-refractivity contribution < 1.29 is 23.8 Å². The van der Waals surface area contributed by atoms with Crippen LogP contribution >= 0.6 is 0 Å². The van der Waals surface area contributed by atoms with Crippen molar-refractivity contribution in [1.82, 2.24) is 0 Å². The number of carbonyl (C=O) groups excluding carboxylic acids is 2. The third-order valence-electron chi connectivity index (χ3n) is 7.00. The number of esters is 2. The van der Waals surface area contributed by atoms with Crippen molar-refractivity contribution in [3.05, 3.63) is 71.8 Å². The minimum absolute atomic E-state index is 0.0558. The Labute approximate surface area is 176 Å². The van der Waals surface area contributed by atoms with Crippen LogP contribution in [0.2, 0.25) is 0 Å². The lowest BCUT2D eigenvalue weighted by Gasteiger charge is -2.45. The molecule has 2 saturated heterocycles. The third kappa shape index (κ3) is 3.41. The van der Waals surface area contributed by atoms with Crippen LogP contribution < -0.4 is 0 Å². The van der Waals surface area contributed by atoms with Crippen molar-refractivity contribution in [3.63, 3.8) is 0 Å². The molecule has 2 bridgehead atoms. The molecule has 30 heavy (non-hydrogen) atoms. The van der Waals surface area contributed by atoms with Crippen molar-refractivity contribution >= 4 is 11.9 Å². The fourth-order valence-corrected chi connectivity index (χ4v) is 5.65. The maximum absolute atomic E-state index is 12.8. The van der Waals surface area contributed by atoms with E-state index < -0.39 is 12.2 Å². The Morgan fingerprint density at radius 1 is 0.833 bits per heavy atom. The number of hydrogen-bond donors (Lipinski definition) is 0. The molecule has 2 aromatic rings. The van der Waals surface area contributed by atoms with E-state index in [1.165, 1.54) is 0 Å². The van der Waals surface area contributed by atoms with E-state index in [1.54, 1.807) is 24.3 Å². The standard InChI is InChI=1S/C25H26O5/c1-15-22-18(19-12-13-20(22)28-19)14-21(29-24(26)16-8-4-2-5-9-16)23(15)30-25(27)17-10-6-3-7-11-17/h2-11,15,18-23H,12-14H2,1H3. The van der Waals surface area contributed by atoms with Gasteiger partial charge in [0.25, 0.3) is 0 Å². The van der Waals surface area contributed by atoms with Crippen LogP contribution in [0, 0.1) is 17.8 Å². The first-order valence-corrected chi connectivity index (χ1v) is 10.8. The number of rotatable bonds is 4. The molecule has 0 amide bonds. The topological polar surface area (TPSA) is 61.8 Å². The molecule has 1 aliphatic carbocycles. The van der Waals surface area contributed by atoms with Crippen LogP contribution in [-0.2, 0) is 14.2 Å². The molecule has 5 rings (SSSR count). The normalized spacial score (nSPS) is 34.2. The summed E-state index contributed by atoms with van der Waals surface area (Å²) in [6.07, 6.45) is 2.27. The third-order valence-corrected chi connectivity index (χ3v) is 7.00. The van der Waals surface area contributed by atoms with Gasteiger partial charge in [0, 0.05) is 5.92 Å². The smallest absolute Gasteiger partial charge is 0.338 e. The summed E-state index contributed by atoms with van der Waals surface area (Å²) < 4.78 is 18.1. The van der Waals surface area contributed by atoms with Crippen LogP contribution in [0.3, 0.4) is 0 Å².